The van der Waals surface area contributed by atoms with Crippen LogP contribution < -0.4 is 5.32 Å². The van der Waals surface area contributed by atoms with Gasteiger partial charge in [-0.1, -0.05) is 0 Å². The van der Waals surface area contributed by atoms with E-state index >= 15 is 0 Å². The van der Waals surface area contributed by atoms with Gasteiger partial charge in [-0.15, -0.1) is 11.8 Å². The van der Waals surface area contributed by atoms with E-state index in [2.05, 4.69) is 10.3 Å². The molecule has 0 aromatic heterocycles. The van der Waals surface area contributed by atoms with Crippen LogP contribution in [0.2, 0.25) is 0 Å². The third-order valence-electron chi connectivity index (χ3n) is 1.82. The summed E-state index contributed by atoms with van der Waals surface area (Å²) in [5.74, 6) is 1.10. The summed E-state index contributed by atoms with van der Waals surface area (Å²) in [6.45, 7) is 0. The Kier molecular flexibility index (Phi) is 1.87. The summed E-state index contributed by atoms with van der Waals surface area (Å²) < 4.78 is 0. The molecule has 4 heteroatoms. The van der Waals surface area contributed by atoms with Gasteiger partial charge in [-0.05, 0) is 18.6 Å². The second-order valence-corrected chi connectivity index (χ2v) is 3.73. The molecule has 2 N–H and O–H groups in total. The lowest BCUT2D eigenvalue weighted by molar-refractivity contribution is 0.226. The van der Waals surface area contributed by atoms with Gasteiger partial charge in [0.25, 0.3) is 0 Å². The molecule has 11 heavy (non-hydrogen) atoms. The van der Waals surface area contributed by atoms with Gasteiger partial charge >= 0.3 is 0 Å². The molecule has 1 atom stereocenters. The number of aliphatic hydroxyl groups is 1. The van der Waals surface area contributed by atoms with Gasteiger partial charge < -0.3 is 10.4 Å². The van der Waals surface area contributed by atoms with Crippen molar-refractivity contribution in [3.05, 3.63) is 10.6 Å². The Morgan fingerprint density at radius 2 is 2.64 bits per heavy atom. The summed E-state index contributed by atoms with van der Waals surface area (Å²) in [6.07, 6.45) is 3.22. The predicted molar refractivity (Wildman–Crippen MR) is 46.4 cm³/mol. The average Bonchev–Trinajstić information content (AvgIpc) is 2.06. The van der Waals surface area contributed by atoms with Crippen molar-refractivity contribution in [1.82, 2.24) is 5.32 Å². The lowest BCUT2D eigenvalue weighted by Gasteiger charge is -2.24. The highest BCUT2D eigenvalue weighted by atomic mass is 32.2. The fourth-order valence-corrected chi connectivity index (χ4v) is 2.32. The van der Waals surface area contributed by atoms with Crippen molar-refractivity contribution in [1.29, 1.82) is 0 Å². The first-order valence-corrected chi connectivity index (χ1v) is 4.68. The van der Waals surface area contributed by atoms with E-state index in [0.717, 1.165) is 22.8 Å². The van der Waals surface area contributed by atoms with Gasteiger partial charge in [-0.25, -0.2) is 4.99 Å². The van der Waals surface area contributed by atoms with Crippen molar-refractivity contribution < 1.29 is 5.11 Å². The molecule has 0 aromatic carbocycles. The van der Waals surface area contributed by atoms with Gasteiger partial charge in [0.15, 0.2) is 6.23 Å². The van der Waals surface area contributed by atoms with Crippen LogP contribution in [0.1, 0.15) is 12.8 Å². The molecule has 0 amide bonds. The predicted octanol–water partition coefficient (Wildman–Crippen LogP) is 0.675. The fraction of sp³-hybridized carbons (Fsp3) is 0.571. The highest BCUT2D eigenvalue weighted by Gasteiger charge is 2.21. The molecule has 0 fully saturated rings. The molecule has 0 radical (unpaired) electrons. The molecule has 60 valence electrons. The molecule has 0 saturated carbocycles. The van der Waals surface area contributed by atoms with Crippen LogP contribution in [0.5, 0.6) is 0 Å². The first-order chi connectivity index (χ1) is 5.38. The molecule has 0 saturated heterocycles. The minimum absolute atomic E-state index is 0.600. The van der Waals surface area contributed by atoms with Gasteiger partial charge in [-0.2, -0.15) is 0 Å². The molecule has 2 heterocycles. The Bertz CT molecular complexity index is 224. The second kappa shape index (κ2) is 2.87. The van der Waals surface area contributed by atoms with Gasteiger partial charge in [-0.3, -0.25) is 0 Å². The monoisotopic (exact) mass is 170 g/mol. The third kappa shape index (κ3) is 1.28. The number of rotatable bonds is 0. The van der Waals surface area contributed by atoms with Gasteiger partial charge in [0.1, 0.15) is 0 Å². The third-order valence-corrected chi connectivity index (χ3v) is 3.08. The first-order valence-electron chi connectivity index (χ1n) is 3.70. The average molecular weight is 170 g/mol. The maximum absolute atomic E-state index is 9.39. The van der Waals surface area contributed by atoms with Crippen molar-refractivity contribution in [2.24, 2.45) is 4.99 Å². The van der Waals surface area contributed by atoms with Crippen LogP contribution in [-0.2, 0) is 0 Å². The molecular formula is C7H10N2OS. The van der Waals surface area contributed by atoms with Crippen molar-refractivity contribution >= 4 is 18.1 Å². The molecule has 0 spiro atoms. The summed E-state index contributed by atoms with van der Waals surface area (Å²) in [4.78, 5) is 4.87. The van der Waals surface area contributed by atoms with Gasteiger partial charge in [0, 0.05) is 5.70 Å². The second-order valence-electron chi connectivity index (χ2n) is 2.59. The number of hydrogen-bond donors (Lipinski definition) is 2. The highest BCUT2D eigenvalue weighted by Crippen LogP contribution is 2.32. The normalized spacial score (nSPS) is 29.7. The van der Waals surface area contributed by atoms with Crippen LogP contribution in [0.4, 0.5) is 0 Å². The molecule has 3 nitrogen and oxygen atoms in total. The Balaban J connectivity index is 2.23. The van der Waals surface area contributed by atoms with E-state index in [4.69, 9.17) is 0 Å². The summed E-state index contributed by atoms with van der Waals surface area (Å²) >= 11 is 1.71. The quantitative estimate of drug-likeness (QED) is 0.562. The molecule has 0 aliphatic carbocycles. The minimum Gasteiger partial charge on any atom is -0.367 e. The van der Waals surface area contributed by atoms with E-state index in [1.54, 1.807) is 18.1 Å². The SMILES string of the molecule is O[C@@H]1N=CNC2=C1SCCC2. The molecule has 0 unspecified atom stereocenters. The minimum atomic E-state index is -0.600. The number of hydrogen-bond acceptors (Lipinski definition) is 4. The van der Waals surface area contributed by atoms with Crippen LogP contribution in [0.25, 0.3) is 0 Å². The molecular weight excluding hydrogens is 160 g/mol. The number of nitrogens with one attached hydrogen (secondary N) is 1. The summed E-state index contributed by atoms with van der Waals surface area (Å²) in [7, 11) is 0. The van der Waals surface area contributed by atoms with Crippen molar-refractivity contribution in [3.63, 3.8) is 0 Å². The lowest BCUT2D eigenvalue weighted by atomic mass is 10.2. The van der Waals surface area contributed by atoms with E-state index in [1.807, 2.05) is 0 Å². The Morgan fingerprint density at radius 3 is 3.45 bits per heavy atom. The molecule has 2 aliphatic heterocycles. The zero-order valence-electron chi connectivity index (χ0n) is 6.08. The number of thioether (sulfide) groups is 1. The van der Waals surface area contributed by atoms with Crippen molar-refractivity contribution in [3.8, 4) is 0 Å². The molecule has 0 bridgehead atoms. The zero-order valence-corrected chi connectivity index (χ0v) is 6.90. The number of nitrogens with zero attached hydrogens (tertiary/aromatic N) is 1. The highest BCUT2D eigenvalue weighted by molar-refractivity contribution is 8.03. The van der Waals surface area contributed by atoms with Crippen LogP contribution in [0, 0.1) is 0 Å². The van der Waals surface area contributed by atoms with Crippen LogP contribution in [-0.4, -0.2) is 23.4 Å². The molecule has 0 aromatic rings. The van der Waals surface area contributed by atoms with Crippen LogP contribution >= 0.6 is 11.8 Å². The van der Waals surface area contributed by atoms with E-state index in [9.17, 15) is 5.11 Å². The van der Waals surface area contributed by atoms with Gasteiger partial charge in [0.05, 0.1) is 11.2 Å². The van der Waals surface area contributed by atoms with Crippen LogP contribution in [0.3, 0.4) is 0 Å². The molecule has 2 rings (SSSR count). The Morgan fingerprint density at radius 1 is 1.73 bits per heavy atom. The topological polar surface area (TPSA) is 44.6 Å². The van der Waals surface area contributed by atoms with E-state index in [1.165, 1.54) is 6.42 Å². The smallest absolute Gasteiger partial charge is 0.180 e. The van der Waals surface area contributed by atoms with E-state index in [-0.39, 0.29) is 0 Å². The summed E-state index contributed by atoms with van der Waals surface area (Å²) in [6, 6.07) is 0. The fourth-order valence-electron chi connectivity index (χ4n) is 1.27. The first kappa shape index (κ1) is 7.18. The maximum Gasteiger partial charge on any atom is 0.180 e. The number of aliphatic hydroxyl groups excluding tert-OH is 1. The zero-order chi connectivity index (χ0) is 7.68. The Hall–Kier alpha value is -0.480. The maximum atomic E-state index is 9.39. The number of allylic oxidation sites excluding steroid dienone is 1. The summed E-state index contributed by atoms with van der Waals surface area (Å²) in [5.41, 5.74) is 1.16. The standard InChI is InChI=1S/C7H10N2OS/c10-7-6-5(8-4-9-7)2-1-3-11-6/h4,7,10H,1-3H2,(H,8,9)/t7-/m0/s1. The van der Waals surface area contributed by atoms with E-state index in [0.29, 0.717) is 0 Å². The molecule has 2 aliphatic rings. The number of aliphatic imine (C=N–C) groups is 1. The largest absolute Gasteiger partial charge is 0.367 e. The van der Waals surface area contributed by atoms with Crippen molar-refractivity contribution in [2.45, 2.75) is 19.1 Å². The summed E-state index contributed by atoms with van der Waals surface area (Å²) in [5, 5.41) is 12.4. The van der Waals surface area contributed by atoms with Crippen LogP contribution in [0.15, 0.2) is 15.6 Å². The Labute approximate surface area is 69.6 Å². The lowest BCUT2D eigenvalue weighted by Crippen LogP contribution is -2.26. The van der Waals surface area contributed by atoms with Gasteiger partial charge in [0.2, 0.25) is 0 Å². The van der Waals surface area contributed by atoms with E-state index < -0.39 is 6.23 Å². The van der Waals surface area contributed by atoms with Crippen molar-refractivity contribution in [2.75, 3.05) is 5.75 Å².